The van der Waals surface area contributed by atoms with E-state index in [2.05, 4.69) is 4.99 Å². The third-order valence-electron chi connectivity index (χ3n) is 3.05. The van der Waals surface area contributed by atoms with Gasteiger partial charge in [0.05, 0.1) is 0 Å². The zero-order valence-corrected chi connectivity index (χ0v) is 13.5. The van der Waals surface area contributed by atoms with Gasteiger partial charge in [0, 0.05) is 6.54 Å². The first-order valence-electron chi connectivity index (χ1n) is 7.35. The Morgan fingerprint density at radius 2 is 1.61 bits per heavy atom. The Morgan fingerprint density at radius 3 is 2.00 bits per heavy atom. The van der Waals surface area contributed by atoms with E-state index in [0.717, 1.165) is 12.8 Å². The number of guanidine groups is 1. The topological polar surface area (TPSA) is 217 Å². The number of hydrogen-bond acceptors (Lipinski definition) is 6. The molecule has 0 saturated carbocycles. The Hall–Kier alpha value is -1.91. The normalized spacial score (nSPS) is 13.9. The van der Waals surface area contributed by atoms with Gasteiger partial charge in [-0.1, -0.05) is 6.92 Å². The average molecular weight is 334 g/mol. The van der Waals surface area contributed by atoms with Crippen molar-refractivity contribution in [2.24, 2.45) is 39.6 Å². The first kappa shape index (κ1) is 23.4. The molecule has 0 amide bonds. The summed E-state index contributed by atoms with van der Waals surface area (Å²) >= 11 is 0. The number of nitrogens with zero attached hydrogens (tertiary/aromatic N) is 1. The number of aliphatic carboxylic acids is 2. The van der Waals surface area contributed by atoms with Crippen molar-refractivity contribution in [3.05, 3.63) is 0 Å². The highest BCUT2D eigenvalue weighted by Crippen LogP contribution is 2.08. The first-order chi connectivity index (χ1) is 10.6. The van der Waals surface area contributed by atoms with Crippen LogP contribution >= 0.6 is 0 Å². The summed E-state index contributed by atoms with van der Waals surface area (Å²) in [5, 5.41) is 16.9. The predicted molar refractivity (Wildman–Crippen MR) is 88.6 cm³/mol. The van der Waals surface area contributed by atoms with Crippen LogP contribution in [0.25, 0.3) is 0 Å². The average Bonchev–Trinajstić information content (AvgIpc) is 2.48. The van der Waals surface area contributed by atoms with E-state index in [9.17, 15) is 9.59 Å². The van der Waals surface area contributed by atoms with E-state index in [-0.39, 0.29) is 11.9 Å². The van der Waals surface area contributed by atoms with Crippen LogP contribution in [0, 0.1) is 5.92 Å². The molecule has 23 heavy (non-hydrogen) atoms. The molecule has 3 unspecified atom stereocenters. The smallest absolute Gasteiger partial charge is 0.320 e. The molecule has 0 spiro atoms. The van der Waals surface area contributed by atoms with Gasteiger partial charge in [0.2, 0.25) is 0 Å². The lowest BCUT2D eigenvalue weighted by Gasteiger charge is -2.14. The summed E-state index contributed by atoms with van der Waals surface area (Å²) in [6.07, 6.45) is 2.57. The highest BCUT2D eigenvalue weighted by Gasteiger charge is 2.18. The molecule has 0 radical (unpaired) electrons. The molecule has 0 heterocycles. The third-order valence-corrected chi connectivity index (χ3v) is 3.05. The first-order valence-corrected chi connectivity index (χ1v) is 7.35. The van der Waals surface area contributed by atoms with Gasteiger partial charge < -0.3 is 38.9 Å². The lowest BCUT2D eigenvalue weighted by Crippen LogP contribution is -2.36. The predicted octanol–water partition coefficient (Wildman–Crippen LogP) is -1.77. The number of rotatable bonds is 10. The van der Waals surface area contributed by atoms with Gasteiger partial charge in [-0.15, -0.1) is 0 Å². The van der Waals surface area contributed by atoms with Gasteiger partial charge in [-0.2, -0.15) is 0 Å². The van der Waals surface area contributed by atoms with Crippen molar-refractivity contribution in [1.29, 1.82) is 0 Å². The maximum Gasteiger partial charge on any atom is 0.320 e. The fourth-order valence-corrected chi connectivity index (χ4v) is 1.51. The van der Waals surface area contributed by atoms with Gasteiger partial charge in [0.25, 0.3) is 0 Å². The van der Waals surface area contributed by atoms with E-state index >= 15 is 0 Å². The highest BCUT2D eigenvalue weighted by molar-refractivity contribution is 5.75. The second-order valence-electron chi connectivity index (χ2n) is 5.17. The van der Waals surface area contributed by atoms with Crippen molar-refractivity contribution in [3.8, 4) is 0 Å². The van der Waals surface area contributed by atoms with Gasteiger partial charge in [-0.3, -0.25) is 14.6 Å². The molecule has 3 atom stereocenters. The summed E-state index contributed by atoms with van der Waals surface area (Å²) in [5.74, 6) is -1.91. The summed E-state index contributed by atoms with van der Waals surface area (Å²) in [7, 11) is 0. The Balaban J connectivity index is 0. The van der Waals surface area contributed by atoms with Crippen LogP contribution in [0.4, 0.5) is 0 Å². The van der Waals surface area contributed by atoms with E-state index in [1.807, 2.05) is 6.92 Å². The number of hydrogen-bond donors (Lipinski definition) is 7. The Morgan fingerprint density at radius 1 is 1.04 bits per heavy atom. The van der Waals surface area contributed by atoms with Crippen molar-refractivity contribution >= 4 is 17.9 Å². The number of carboxylic acid groups (broad SMARTS) is 2. The number of carboxylic acids is 2. The Kier molecular flexibility index (Phi) is 13.9. The standard InChI is InChI=1S/C7H16N2O2.C6H14N4O2/c1-5(3-2-4-8)6(9)7(10)11;7-4(5(11)12)2-1-3-10-6(8)9/h5-6H,2-4,8-9H2,1H3,(H,10,11);4H,1-3,7H2,(H,11,12)(H4,8,9,10). The second-order valence-corrected chi connectivity index (χ2v) is 5.17. The van der Waals surface area contributed by atoms with Crippen molar-refractivity contribution in [1.82, 2.24) is 0 Å². The van der Waals surface area contributed by atoms with Crippen LogP contribution in [0.1, 0.15) is 32.6 Å². The summed E-state index contributed by atoms with van der Waals surface area (Å²) in [6.45, 7) is 2.84. The fraction of sp³-hybridized carbons (Fsp3) is 0.769. The molecule has 0 aliphatic rings. The number of nitrogens with two attached hydrogens (primary N) is 5. The highest BCUT2D eigenvalue weighted by atomic mass is 16.4. The second kappa shape index (κ2) is 13.7. The van der Waals surface area contributed by atoms with Crippen LogP contribution in [-0.2, 0) is 9.59 Å². The molecule has 0 aromatic carbocycles. The Labute approximate surface area is 136 Å². The van der Waals surface area contributed by atoms with Crippen LogP contribution < -0.4 is 28.7 Å². The minimum Gasteiger partial charge on any atom is -0.480 e. The molecule has 0 aliphatic heterocycles. The molecule has 0 bridgehead atoms. The van der Waals surface area contributed by atoms with Crippen LogP contribution in [-0.4, -0.2) is 53.3 Å². The third kappa shape index (κ3) is 14.8. The molecule has 0 aromatic rings. The molecule has 0 saturated heterocycles. The molecule has 10 heteroatoms. The molecule has 136 valence electrons. The maximum atomic E-state index is 10.3. The van der Waals surface area contributed by atoms with E-state index < -0.39 is 24.0 Å². The van der Waals surface area contributed by atoms with Gasteiger partial charge in [-0.05, 0) is 38.1 Å². The molecule has 10 nitrogen and oxygen atoms in total. The van der Waals surface area contributed by atoms with Gasteiger partial charge >= 0.3 is 11.9 Å². The molecule has 0 rings (SSSR count). The van der Waals surface area contributed by atoms with Crippen molar-refractivity contribution < 1.29 is 19.8 Å². The van der Waals surface area contributed by atoms with Crippen LogP contribution in [0.2, 0.25) is 0 Å². The van der Waals surface area contributed by atoms with E-state index in [1.165, 1.54) is 0 Å². The summed E-state index contributed by atoms with van der Waals surface area (Å²) < 4.78 is 0. The molecule has 0 aliphatic carbocycles. The lowest BCUT2D eigenvalue weighted by atomic mass is 9.97. The van der Waals surface area contributed by atoms with Gasteiger partial charge in [-0.25, -0.2) is 0 Å². The summed E-state index contributed by atoms with van der Waals surface area (Å²) in [4.78, 5) is 24.2. The monoisotopic (exact) mass is 334 g/mol. The largest absolute Gasteiger partial charge is 0.480 e. The summed E-state index contributed by atoms with van der Waals surface area (Å²) in [6, 6.07) is -1.57. The Bertz CT molecular complexity index is 373. The SMILES string of the molecule is CC(CCCN)C(N)C(=O)O.NC(N)=NCCCC(N)C(=O)O. The molecular formula is C13H30N6O4. The van der Waals surface area contributed by atoms with E-state index in [4.69, 9.17) is 38.9 Å². The molecular weight excluding hydrogens is 304 g/mol. The number of aliphatic imine (C=N–C) groups is 1. The van der Waals surface area contributed by atoms with Crippen LogP contribution in [0.15, 0.2) is 4.99 Å². The maximum absolute atomic E-state index is 10.3. The number of carbonyl (C=O) groups is 2. The minimum atomic E-state index is -1.00. The lowest BCUT2D eigenvalue weighted by molar-refractivity contribution is -0.140. The molecule has 0 aromatic heterocycles. The van der Waals surface area contributed by atoms with Crippen molar-refractivity contribution in [3.63, 3.8) is 0 Å². The summed E-state index contributed by atoms with van der Waals surface area (Å²) in [5.41, 5.74) is 25.9. The molecule has 12 N–H and O–H groups in total. The quantitative estimate of drug-likeness (QED) is 0.136. The van der Waals surface area contributed by atoms with Crippen LogP contribution in [0.5, 0.6) is 0 Å². The van der Waals surface area contributed by atoms with Crippen molar-refractivity contribution in [2.75, 3.05) is 13.1 Å². The van der Waals surface area contributed by atoms with E-state index in [0.29, 0.717) is 25.9 Å². The zero-order valence-electron chi connectivity index (χ0n) is 13.5. The fourth-order valence-electron chi connectivity index (χ4n) is 1.51. The van der Waals surface area contributed by atoms with E-state index in [1.54, 1.807) is 0 Å². The van der Waals surface area contributed by atoms with Gasteiger partial charge in [0.15, 0.2) is 5.96 Å². The minimum absolute atomic E-state index is 0.0102. The zero-order chi connectivity index (χ0) is 18.4. The van der Waals surface area contributed by atoms with Crippen molar-refractivity contribution in [2.45, 2.75) is 44.7 Å². The van der Waals surface area contributed by atoms with Crippen LogP contribution in [0.3, 0.4) is 0 Å². The van der Waals surface area contributed by atoms with Gasteiger partial charge in [0.1, 0.15) is 12.1 Å². The molecule has 0 fully saturated rings.